The smallest absolute Gasteiger partial charge is 0.136 e. The molecule has 0 fully saturated rings. The second-order valence-corrected chi connectivity index (χ2v) is 12.1. The van der Waals surface area contributed by atoms with Gasteiger partial charge >= 0.3 is 0 Å². The van der Waals surface area contributed by atoms with E-state index in [0.29, 0.717) is 0 Å². The maximum atomic E-state index is 6.26. The molecule has 0 saturated carbocycles. The van der Waals surface area contributed by atoms with Crippen LogP contribution in [0.15, 0.2) is 167 Å². The fraction of sp³-hybridized carbons (Fsp3) is 0. The molecule has 0 bridgehead atoms. The van der Waals surface area contributed by atoms with Gasteiger partial charge in [-0.25, -0.2) is 0 Å². The summed E-state index contributed by atoms with van der Waals surface area (Å²) in [5.74, 6) is 0. The highest BCUT2D eigenvalue weighted by atomic mass is 16.3. The Balaban J connectivity index is 1.15. The van der Waals surface area contributed by atoms with E-state index in [4.69, 9.17) is 8.83 Å². The van der Waals surface area contributed by atoms with Crippen molar-refractivity contribution in [1.29, 1.82) is 0 Å². The second kappa shape index (κ2) is 10.1. The van der Waals surface area contributed by atoms with E-state index in [9.17, 15) is 0 Å². The van der Waals surface area contributed by atoms with Gasteiger partial charge in [-0.05, 0) is 106 Å². The monoisotopic (exact) mass is 602 g/mol. The van der Waals surface area contributed by atoms with Crippen LogP contribution in [0.25, 0.3) is 76.7 Å². The number of rotatable bonds is 4. The van der Waals surface area contributed by atoms with Crippen molar-refractivity contribution in [2.24, 2.45) is 0 Å². The average Bonchev–Trinajstić information content (AvgIpc) is 3.67. The van der Waals surface area contributed by atoms with Gasteiger partial charge in [-0.3, -0.25) is 4.98 Å². The third kappa shape index (κ3) is 4.19. The molecule has 7 aromatic carbocycles. The summed E-state index contributed by atoms with van der Waals surface area (Å²) >= 11 is 0. The zero-order chi connectivity index (χ0) is 30.9. The molecule has 0 aliphatic heterocycles. The maximum absolute atomic E-state index is 6.26. The van der Waals surface area contributed by atoms with Crippen LogP contribution in [0, 0.1) is 0 Å². The van der Waals surface area contributed by atoms with Crippen LogP contribution < -0.4 is 4.90 Å². The Labute approximate surface area is 269 Å². The van der Waals surface area contributed by atoms with Gasteiger partial charge in [0.2, 0.25) is 0 Å². The molecule has 0 aliphatic carbocycles. The zero-order valence-electron chi connectivity index (χ0n) is 25.2. The average molecular weight is 603 g/mol. The summed E-state index contributed by atoms with van der Waals surface area (Å²) in [4.78, 5) is 6.87. The van der Waals surface area contributed by atoms with Crippen molar-refractivity contribution in [3.63, 3.8) is 0 Å². The molecule has 3 aromatic heterocycles. The summed E-state index contributed by atoms with van der Waals surface area (Å²) in [6.45, 7) is 0. The van der Waals surface area contributed by atoms with Crippen LogP contribution in [0.1, 0.15) is 0 Å². The van der Waals surface area contributed by atoms with Crippen LogP contribution in [0.2, 0.25) is 0 Å². The van der Waals surface area contributed by atoms with Crippen LogP contribution >= 0.6 is 0 Å². The number of nitrogens with zero attached hydrogens (tertiary/aromatic N) is 2. The van der Waals surface area contributed by atoms with Gasteiger partial charge < -0.3 is 13.7 Å². The van der Waals surface area contributed by atoms with E-state index in [-0.39, 0.29) is 0 Å². The summed E-state index contributed by atoms with van der Waals surface area (Å²) in [6, 6.07) is 53.2. The second-order valence-electron chi connectivity index (χ2n) is 12.1. The first kappa shape index (κ1) is 25.9. The predicted molar refractivity (Wildman–Crippen MR) is 194 cm³/mol. The standard InChI is InChI=1S/C43H26N2O2/c1-3-10-40-35(7-1)37-23-28-14-18-33(21-30(28)25-42(37)46-40)45(32-16-12-27(13-17-32)39-9-5-6-20-44-39)34-19-15-29-24-38-36-8-2-4-11-41(36)47-43(38)26-31(29)22-34/h1-26H. The Morgan fingerprint density at radius 2 is 0.915 bits per heavy atom. The van der Waals surface area contributed by atoms with E-state index in [1.54, 1.807) is 0 Å². The van der Waals surface area contributed by atoms with Gasteiger partial charge in [-0.15, -0.1) is 0 Å². The number of furan rings is 2. The number of anilines is 3. The molecule has 220 valence electrons. The topological polar surface area (TPSA) is 42.4 Å². The number of hydrogen-bond donors (Lipinski definition) is 0. The van der Waals surface area contributed by atoms with Crippen LogP contribution in [0.5, 0.6) is 0 Å². The molecule has 0 aliphatic rings. The molecule has 47 heavy (non-hydrogen) atoms. The van der Waals surface area contributed by atoms with Crippen LogP contribution in [0.4, 0.5) is 17.1 Å². The minimum absolute atomic E-state index is 0.891. The van der Waals surface area contributed by atoms with E-state index in [1.807, 2.05) is 48.7 Å². The lowest BCUT2D eigenvalue weighted by molar-refractivity contribution is 0.669. The summed E-state index contributed by atoms with van der Waals surface area (Å²) in [5.41, 5.74) is 8.79. The predicted octanol–water partition coefficient (Wildman–Crippen LogP) is 12.3. The molecule has 10 aromatic rings. The van der Waals surface area contributed by atoms with Gasteiger partial charge in [0.15, 0.2) is 0 Å². The molecular weight excluding hydrogens is 576 g/mol. The lowest BCUT2D eigenvalue weighted by Gasteiger charge is -2.26. The van der Waals surface area contributed by atoms with Crippen molar-refractivity contribution in [2.75, 3.05) is 4.90 Å². The zero-order valence-corrected chi connectivity index (χ0v) is 25.2. The summed E-state index contributed by atoms with van der Waals surface area (Å²) < 4.78 is 12.5. The summed E-state index contributed by atoms with van der Waals surface area (Å²) in [7, 11) is 0. The van der Waals surface area contributed by atoms with Crippen molar-refractivity contribution < 1.29 is 8.83 Å². The molecule has 3 heterocycles. The quantitative estimate of drug-likeness (QED) is 0.201. The largest absolute Gasteiger partial charge is 0.456 e. The summed E-state index contributed by atoms with van der Waals surface area (Å²) in [6.07, 6.45) is 1.83. The Kier molecular flexibility index (Phi) is 5.54. The molecule has 0 N–H and O–H groups in total. The van der Waals surface area contributed by atoms with Gasteiger partial charge in [-0.2, -0.15) is 0 Å². The van der Waals surface area contributed by atoms with Gasteiger partial charge in [0.1, 0.15) is 22.3 Å². The Bertz CT molecular complexity index is 2640. The third-order valence-electron chi connectivity index (χ3n) is 9.24. The first-order chi connectivity index (χ1) is 23.2. The fourth-order valence-electron chi connectivity index (χ4n) is 6.95. The minimum atomic E-state index is 0.891. The van der Waals surface area contributed by atoms with Crippen LogP contribution in [-0.2, 0) is 0 Å². The molecule has 4 heteroatoms. The van der Waals surface area contributed by atoms with Crippen LogP contribution in [-0.4, -0.2) is 4.98 Å². The molecule has 0 atom stereocenters. The molecule has 0 radical (unpaired) electrons. The van der Waals surface area contributed by atoms with E-state index in [0.717, 1.165) is 83.0 Å². The van der Waals surface area contributed by atoms with Crippen molar-refractivity contribution in [1.82, 2.24) is 4.98 Å². The number of pyridine rings is 1. The SMILES string of the molecule is c1ccc(-c2ccc(N(c3ccc4cc5c(cc4c3)oc3ccccc35)c3ccc4cc5c(cc4c3)oc3ccccc35)cc2)nc1. The van der Waals surface area contributed by atoms with E-state index < -0.39 is 0 Å². The van der Waals surface area contributed by atoms with Gasteiger partial charge in [0.05, 0.1) is 5.69 Å². The molecular formula is C43H26N2O2. The minimum Gasteiger partial charge on any atom is -0.456 e. The van der Waals surface area contributed by atoms with E-state index in [1.165, 1.54) is 10.8 Å². The number of hydrogen-bond acceptors (Lipinski definition) is 4. The lowest BCUT2D eigenvalue weighted by Crippen LogP contribution is -2.10. The normalized spacial score (nSPS) is 11.8. The van der Waals surface area contributed by atoms with Crippen molar-refractivity contribution in [3.8, 4) is 11.3 Å². The van der Waals surface area contributed by atoms with Crippen molar-refractivity contribution in [3.05, 3.63) is 158 Å². The number of benzene rings is 7. The highest BCUT2D eigenvalue weighted by molar-refractivity contribution is 6.12. The number of aromatic nitrogens is 1. The van der Waals surface area contributed by atoms with E-state index >= 15 is 0 Å². The van der Waals surface area contributed by atoms with Crippen molar-refractivity contribution in [2.45, 2.75) is 0 Å². The third-order valence-corrected chi connectivity index (χ3v) is 9.24. The lowest BCUT2D eigenvalue weighted by atomic mass is 10.0. The molecule has 4 nitrogen and oxygen atoms in total. The van der Waals surface area contributed by atoms with Crippen molar-refractivity contribution >= 4 is 82.5 Å². The molecule has 0 unspecified atom stereocenters. The number of fused-ring (bicyclic) bond motifs is 8. The van der Waals surface area contributed by atoms with Gasteiger partial charge in [0, 0.05) is 50.4 Å². The Morgan fingerprint density at radius 3 is 1.47 bits per heavy atom. The maximum Gasteiger partial charge on any atom is 0.136 e. The Hall–Kier alpha value is -6.39. The molecule has 0 amide bonds. The van der Waals surface area contributed by atoms with E-state index in [2.05, 4.69) is 119 Å². The van der Waals surface area contributed by atoms with Gasteiger partial charge in [-0.1, -0.05) is 66.7 Å². The molecule has 10 rings (SSSR count). The highest BCUT2D eigenvalue weighted by Crippen LogP contribution is 2.41. The van der Waals surface area contributed by atoms with Gasteiger partial charge in [0.25, 0.3) is 0 Å². The highest BCUT2D eigenvalue weighted by Gasteiger charge is 2.17. The fourth-order valence-corrected chi connectivity index (χ4v) is 6.95. The first-order valence-corrected chi connectivity index (χ1v) is 15.8. The van der Waals surface area contributed by atoms with Crippen LogP contribution in [0.3, 0.4) is 0 Å². The Morgan fingerprint density at radius 1 is 0.383 bits per heavy atom. The molecule has 0 spiro atoms. The first-order valence-electron chi connectivity index (χ1n) is 15.8. The molecule has 0 saturated heterocycles. The number of para-hydroxylation sites is 2. The summed E-state index contributed by atoms with van der Waals surface area (Å²) in [5, 5.41) is 9.12.